The maximum atomic E-state index is 5.96. The third-order valence-electron chi connectivity index (χ3n) is 3.39. The lowest BCUT2D eigenvalue weighted by Crippen LogP contribution is -2.36. The highest BCUT2D eigenvalue weighted by Crippen LogP contribution is 2.28. The molecule has 0 unspecified atom stereocenters. The molecule has 0 amide bonds. The van der Waals surface area contributed by atoms with Crippen molar-refractivity contribution in [3.8, 4) is 0 Å². The lowest BCUT2D eigenvalue weighted by atomic mass is 10.0. The third kappa shape index (κ3) is 8.10. The van der Waals surface area contributed by atoms with E-state index in [0.29, 0.717) is 0 Å². The average Bonchev–Trinajstić information content (AvgIpc) is 2.37. The molecule has 0 bridgehead atoms. The van der Waals surface area contributed by atoms with E-state index < -0.39 is 0 Å². The van der Waals surface area contributed by atoms with Crippen LogP contribution in [0.5, 0.6) is 0 Å². The highest BCUT2D eigenvalue weighted by atomic mass is 16.7. The smallest absolute Gasteiger partial charge is 0.168 e. The van der Waals surface area contributed by atoms with Gasteiger partial charge < -0.3 is 9.47 Å². The molecule has 0 saturated carbocycles. The highest BCUT2D eigenvalue weighted by Gasteiger charge is 2.29. The maximum absolute atomic E-state index is 5.96. The highest BCUT2D eigenvalue weighted by molar-refractivity contribution is 4.70. The zero-order valence-corrected chi connectivity index (χ0v) is 13.1. The van der Waals surface area contributed by atoms with E-state index in [1.807, 2.05) is 0 Å². The summed E-state index contributed by atoms with van der Waals surface area (Å²) in [5.74, 6) is -0.300. The summed E-state index contributed by atoms with van der Waals surface area (Å²) in [7, 11) is 0. The predicted molar refractivity (Wildman–Crippen MR) is 78.9 cm³/mol. The van der Waals surface area contributed by atoms with Gasteiger partial charge in [-0.05, 0) is 26.7 Å². The van der Waals surface area contributed by atoms with Crippen LogP contribution >= 0.6 is 0 Å². The molecule has 2 heteroatoms. The van der Waals surface area contributed by atoms with Gasteiger partial charge in [-0.1, -0.05) is 46.0 Å². The summed E-state index contributed by atoms with van der Waals surface area (Å²) in [5.41, 5.74) is 0. The predicted octanol–water partition coefficient (Wildman–Crippen LogP) is 5.31. The second-order valence-electron chi connectivity index (χ2n) is 5.04. The summed E-state index contributed by atoms with van der Waals surface area (Å²) in [6.45, 7) is 10.1. The van der Waals surface area contributed by atoms with Gasteiger partial charge in [0, 0.05) is 26.1 Å². The van der Waals surface area contributed by atoms with Crippen molar-refractivity contribution in [3.63, 3.8) is 0 Å². The molecule has 0 aromatic carbocycles. The van der Waals surface area contributed by atoms with Gasteiger partial charge in [0.05, 0.1) is 0 Å². The van der Waals surface area contributed by atoms with E-state index in [4.69, 9.17) is 9.47 Å². The Hall–Kier alpha value is -0.0800. The molecule has 0 heterocycles. The molecule has 0 radical (unpaired) electrons. The maximum Gasteiger partial charge on any atom is 0.168 e. The van der Waals surface area contributed by atoms with Crippen LogP contribution in [0.25, 0.3) is 0 Å². The summed E-state index contributed by atoms with van der Waals surface area (Å²) in [6, 6.07) is 0. The summed E-state index contributed by atoms with van der Waals surface area (Å²) in [5, 5.41) is 0. The largest absolute Gasteiger partial charge is 0.350 e. The molecule has 0 aromatic heterocycles. The Balaban J connectivity index is 4.14. The molecule has 0 spiro atoms. The zero-order valence-electron chi connectivity index (χ0n) is 13.1. The molecule has 0 fully saturated rings. The number of rotatable bonds is 13. The van der Waals surface area contributed by atoms with Gasteiger partial charge in [0.2, 0.25) is 0 Å². The molecule has 0 aliphatic heterocycles. The topological polar surface area (TPSA) is 18.5 Å². The van der Waals surface area contributed by atoms with Crippen LogP contribution in [0.4, 0.5) is 0 Å². The zero-order chi connectivity index (χ0) is 13.7. The van der Waals surface area contributed by atoms with E-state index in [0.717, 1.165) is 26.1 Å². The van der Waals surface area contributed by atoms with Gasteiger partial charge in [0.1, 0.15) is 0 Å². The molecular formula is C16H34O2. The first kappa shape index (κ1) is 17.9. The Morgan fingerprint density at radius 2 is 1.11 bits per heavy atom. The average molecular weight is 258 g/mol. The van der Waals surface area contributed by atoms with Crippen molar-refractivity contribution in [2.45, 2.75) is 91.3 Å². The monoisotopic (exact) mass is 258 g/mol. The second kappa shape index (κ2) is 12.0. The van der Waals surface area contributed by atoms with Crippen LogP contribution in [0.1, 0.15) is 85.5 Å². The van der Waals surface area contributed by atoms with Crippen LogP contribution in [-0.2, 0) is 9.47 Å². The molecule has 2 nitrogen and oxygen atoms in total. The lowest BCUT2D eigenvalue weighted by Gasteiger charge is -2.33. The Kier molecular flexibility index (Phi) is 11.9. The fourth-order valence-corrected chi connectivity index (χ4v) is 2.43. The first-order valence-electron chi connectivity index (χ1n) is 8.02. The van der Waals surface area contributed by atoms with Crippen LogP contribution < -0.4 is 0 Å². The molecule has 0 aliphatic rings. The van der Waals surface area contributed by atoms with Gasteiger partial charge in [-0.3, -0.25) is 0 Å². The molecule has 0 saturated heterocycles. The summed E-state index contributed by atoms with van der Waals surface area (Å²) in [4.78, 5) is 0. The molecule has 0 N–H and O–H groups in total. The number of ether oxygens (including phenoxy) is 2. The Morgan fingerprint density at radius 1 is 0.611 bits per heavy atom. The van der Waals surface area contributed by atoms with E-state index >= 15 is 0 Å². The van der Waals surface area contributed by atoms with E-state index in [1.54, 1.807) is 0 Å². The number of hydrogen-bond donors (Lipinski definition) is 0. The van der Waals surface area contributed by atoms with Crippen molar-refractivity contribution in [1.82, 2.24) is 0 Å². The van der Waals surface area contributed by atoms with Gasteiger partial charge >= 0.3 is 0 Å². The van der Waals surface area contributed by atoms with E-state index in [9.17, 15) is 0 Å². The van der Waals surface area contributed by atoms with Crippen molar-refractivity contribution in [3.05, 3.63) is 0 Å². The Labute approximate surface area is 114 Å². The second-order valence-corrected chi connectivity index (χ2v) is 5.04. The van der Waals surface area contributed by atoms with Gasteiger partial charge in [-0.2, -0.15) is 0 Å². The minimum atomic E-state index is -0.300. The van der Waals surface area contributed by atoms with Crippen molar-refractivity contribution in [2.24, 2.45) is 0 Å². The summed E-state index contributed by atoms with van der Waals surface area (Å²) >= 11 is 0. The van der Waals surface area contributed by atoms with Crippen molar-refractivity contribution in [2.75, 3.05) is 13.2 Å². The first-order chi connectivity index (χ1) is 8.74. The molecule has 110 valence electrons. The standard InChI is InChI=1S/C16H34O2/c1-5-9-11-12-13-15-16(17-7-3,18-8-4)14-10-6-2/h5-15H2,1-4H3. The minimum Gasteiger partial charge on any atom is -0.350 e. The Morgan fingerprint density at radius 3 is 1.61 bits per heavy atom. The van der Waals surface area contributed by atoms with E-state index in [1.165, 1.54) is 44.9 Å². The lowest BCUT2D eigenvalue weighted by molar-refractivity contribution is -0.241. The van der Waals surface area contributed by atoms with Crippen LogP contribution in [0.2, 0.25) is 0 Å². The van der Waals surface area contributed by atoms with Crippen LogP contribution in [-0.4, -0.2) is 19.0 Å². The SMILES string of the molecule is CCCCCCCC(CCCC)(OCC)OCC. The summed E-state index contributed by atoms with van der Waals surface area (Å²) in [6.07, 6.45) is 11.0. The fourth-order valence-electron chi connectivity index (χ4n) is 2.43. The number of unbranched alkanes of at least 4 members (excludes halogenated alkanes) is 5. The quantitative estimate of drug-likeness (QED) is 0.329. The van der Waals surface area contributed by atoms with Gasteiger partial charge in [-0.25, -0.2) is 0 Å². The van der Waals surface area contributed by atoms with Gasteiger partial charge in [0.15, 0.2) is 5.79 Å². The molecule has 18 heavy (non-hydrogen) atoms. The molecular weight excluding hydrogens is 224 g/mol. The Bertz CT molecular complexity index is 162. The van der Waals surface area contributed by atoms with Gasteiger partial charge in [0.25, 0.3) is 0 Å². The molecule has 0 atom stereocenters. The third-order valence-corrected chi connectivity index (χ3v) is 3.39. The van der Waals surface area contributed by atoms with E-state index in [-0.39, 0.29) is 5.79 Å². The van der Waals surface area contributed by atoms with Crippen LogP contribution in [0.3, 0.4) is 0 Å². The molecule has 0 aliphatic carbocycles. The fraction of sp³-hybridized carbons (Fsp3) is 1.00. The van der Waals surface area contributed by atoms with Crippen molar-refractivity contribution < 1.29 is 9.47 Å². The number of hydrogen-bond acceptors (Lipinski definition) is 2. The van der Waals surface area contributed by atoms with Crippen LogP contribution in [0.15, 0.2) is 0 Å². The minimum absolute atomic E-state index is 0.300. The van der Waals surface area contributed by atoms with Crippen LogP contribution in [0, 0.1) is 0 Å². The molecule has 0 rings (SSSR count). The summed E-state index contributed by atoms with van der Waals surface area (Å²) < 4.78 is 11.9. The van der Waals surface area contributed by atoms with Gasteiger partial charge in [-0.15, -0.1) is 0 Å². The normalized spacial score (nSPS) is 12.0. The van der Waals surface area contributed by atoms with E-state index in [2.05, 4.69) is 27.7 Å². The van der Waals surface area contributed by atoms with Crippen molar-refractivity contribution >= 4 is 0 Å². The van der Waals surface area contributed by atoms with Crippen molar-refractivity contribution in [1.29, 1.82) is 0 Å². The molecule has 0 aromatic rings. The first-order valence-corrected chi connectivity index (χ1v) is 8.02.